The summed E-state index contributed by atoms with van der Waals surface area (Å²) in [5.41, 5.74) is 5.27. The Kier molecular flexibility index (Phi) is 4.33. The molecule has 1 rings (SSSR count). The van der Waals surface area contributed by atoms with Crippen LogP contribution in [0.15, 0.2) is 0 Å². The molecule has 1 aliphatic rings. The van der Waals surface area contributed by atoms with Gasteiger partial charge in [0, 0.05) is 13.1 Å². The van der Waals surface area contributed by atoms with Gasteiger partial charge in [0.05, 0.1) is 11.6 Å². The molecule has 0 aromatic carbocycles. The number of likely N-dealkylation sites (tertiary alicyclic amines) is 1. The molecule has 1 saturated heterocycles. The lowest BCUT2D eigenvalue weighted by atomic mass is 9.91. The minimum Gasteiger partial charge on any atom is -0.393 e. The Morgan fingerprint density at radius 3 is 2.75 bits per heavy atom. The molecule has 3 atom stereocenters. The third-order valence-electron chi connectivity index (χ3n) is 3.41. The van der Waals surface area contributed by atoms with Crippen molar-refractivity contribution in [3.05, 3.63) is 0 Å². The molecule has 3 N–H and O–H groups in total. The van der Waals surface area contributed by atoms with Gasteiger partial charge in [-0.2, -0.15) is 0 Å². The van der Waals surface area contributed by atoms with Crippen molar-refractivity contribution in [1.29, 1.82) is 0 Å². The van der Waals surface area contributed by atoms with Crippen molar-refractivity contribution < 1.29 is 9.90 Å². The van der Waals surface area contributed by atoms with Crippen LogP contribution in [0.1, 0.15) is 40.0 Å². The highest BCUT2D eigenvalue weighted by atomic mass is 16.3. The first kappa shape index (κ1) is 13.5. The maximum absolute atomic E-state index is 12.2. The topological polar surface area (TPSA) is 66.6 Å². The minimum absolute atomic E-state index is 0.0214. The number of hydrogen-bond acceptors (Lipinski definition) is 3. The van der Waals surface area contributed by atoms with Crippen LogP contribution in [-0.2, 0) is 4.79 Å². The first-order valence-corrected chi connectivity index (χ1v) is 6.14. The second kappa shape index (κ2) is 5.15. The predicted octanol–water partition coefficient (Wildman–Crippen LogP) is 0.733. The standard InChI is InChI=1S/C12H24N2O2/c1-4-6-12(3,13)11(16)14-7-5-10(15)9(2)8-14/h9-10,15H,4-8,13H2,1-3H3. The Labute approximate surface area is 97.8 Å². The molecule has 4 heteroatoms. The van der Waals surface area contributed by atoms with Gasteiger partial charge >= 0.3 is 0 Å². The van der Waals surface area contributed by atoms with Crippen LogP contribution in [0.2, 0.25) is 0 Å². The van der Waals surface area contributed by atoms with Crippen LogP contribution < -0.4 is 5.73 Å². The SMILES string of the molecule is CCCC(C)(N)C(=O)N1CCC(O)C(C)C1. The molecule has 0 spiro atoms. The van der Waals surface area contributed by atoms with Crippen LogP contribution in [0, 0.1) is 5.92 Å². The Balaban J connectivity index is 2.61. The molecule has 0 aliphatic carbocycles. The quantitative estimate of drug-likeness (QED) is 0.748. The normalized spacial score (nSPS) is 29.9. The van der Waals surface area contributed by atoms with Crippen molar-refractivity contribution in [3.8, 4) is 0 Å². The molecular formula is C12H24N2O2. The summed E-state index contributed by atoms with van der Waals surface area (Å²) in [6.45, 7) is 7.05. The van der Waals surface area contributed by atoms with E-state index in [0.29, 0.717) is 25.9 Å². The predicted molar refractivity (Wildman–Crippen MR) is 63.9 cm³/mol. The minimum atomic E-state index is -0.753. The largest absolute Gasteiger partial charge is 0.393 e. The number of carbonyl (C=O) groups excluding carboxylic acids is 1. The van der Waals surface area contributed by atoms with E-state index >= 15 is 0 Å². The number of carbonyl (C=O) groups is 1. The number of nitrogens with two attached hydrogens (primary N) is 1. The maximum atomic E-state index is 12.2. The number of aliphatic hydroxyl groups is 1. The van der Waals surface area contributed by atoms with Crippen molar-refractivity contribution >= 4 is 5.91 Å². The zero-order chi connectivity index (χ0) is 12.3. The summed E-state index contributed by atoms with van der Waals surface area (Å²) < 4.78 is 0. The summed E-state index contributed by atoms with van der Waals surface area (Å²) >= 11 is 0. The van der Waals surface area contributed by atoms with Crippen LogP contribution in [0.25, 0.3) is 0 Å². The second-order valence-electron chi connectivity index (χ2n) is 5.25. The lowest BCUT2D eigenvalue weighted by Gasteiger charge is -2.38. The van der Waals surface area contributed by atoms with E-state index in [9.17, 15) is 9.90 Å². The molecule has 0 aromatic rings. The average Bonchev–Trinajstić information content (AvgIpc) is 2.21. The van der Waals surface area contributed by atoms with Gasteiger partial charge in [0.2, 0.25) is 5.91 Å². The molecule has 1 fully saturated rings. The molecule has 16 heavy (non-hydrogen) atoms. The van der Waals surface area contributed by atoms with Gasteiger partial charge in [-0.25, -0.2) is 0 Å². The molecule has 0 saturated carbocycles. The van der Waals surface area contributed by atoms with E-state index in [-0.39, 0.29) is 17.9 Å². The fourth-order valence-electron chi connectivity index (χ4n) is 2.31. The van der Waals surface area contributed by atoms with E-state index in [4.69, 9.17) is 5.73 Å². The van der Waals surface area contributed by atoms with Crippen molar-refractivity contribution in [2.45, 2.75) is 51.7 Å². The van der Waals surface area contributed by atoms with Crippen LogP contribution in [0.4, 0.5) is 0 Å². The van der Waals surface area contributed by atoms with Crippen LogP contribution in [-0.4, -0.2) is 40.6 Å². The van der Waals surface area contributed by atoms with Crippen LogP contribution in [0.5, 0.6) is 0 Å². The van der Waals surface area contributed by atoms with E-state index in [1.165, 1.54) is 0 Å². The summed E-state index contributed by atoms with van der Waals surface area (Å²) in [5, 5.41) is 9.61. The molecule has 1 aliphatic heterocycles. The highest BCUT2D eigenvalue weighted by Gasteiger charge is 2.35. The first-order valence-electron chi connectivity index (χ1n) is 6.14. The summed E-state index contributed by atoms with van der Waals surface area (Å²) in [7, 11) is 0. The molecular weight excluding hydrogens is 204 g/mol. The fourth-order valence-corrected chi connectivity index (χ4v) is 2.31. The lowest BCUT2D eigenvalue weighted by molar-refractivity contribution is -0.140. The molecule has 94 valence electrons. The van der Waals surface area contributed by atoms with Crippen molar-refractivity contribution in [1.82, 2.24) is 4.90 Å². The zero-order valence-electron chi connectivity index (χ0n) is 10.6. The van der Waals surface area contributed by atoms with E-state index in [2.05, 4.69) is 0 Å². The average molecular weight is 228 g/mol. The second-order valence-corrected chi connectivity index (χ2v) is 5.25. The Bertz CT molecular complexity index is 253. The molecule has 0 aromatic heterocycles. The van der Waals surface area contributed by atoms with E-state index < -0.39 is 5.54 Å². The third-order valence-corrected chi connectivity index (χ3v) is 3.41. The fraction of sp³-hybridized carbons (Fsp3) is 0.917. The summed E-state index contributed by atoms with van der Waals surface area (Å²) in [4.78, 5) is 14.0. The number of piperidine rings is 1. The number of nitrogens with zero attached hydrogens (tertiary/aromatic N) is 1. The van der Waals surface area contributed by atoms with Gasteiger partial charge < -0.3 is 15.7 Å². The van der Waals surface area contributed by atoms with Gasteiger partial charge in [-0.15, -0.1) is 0 Å². The zero-order valence-corrected chi connectivity index (χ0v) is 10.6. The Hall–Kier alpha value is -0.610. The van der Waals surface area contributed by atoms with Crippen molar-refractivity contribution in [2.24, 2.45) is 11.7 Å². The van der Waals surface area contributed by atoms with E-state index in [1.807, 2.05) is 13.8 Å². The summed E-state index contributed by atoms with van der Waals surface area (Å²) in [6.07, 6.45) is 2.00. The highest BCUT2D eigenvalue weighted by Crippen LogP contribution is 2.20. The number of rotatable bonds is 3. The molecule has 1 heterocycles. The summed E-state index contributed by atoms with van der Waals surface area (Å²) in [6, 6.07) is 0. The molecule has 3 unspecified atom stereocenters. The lowest BCUT2D eigenvalue weighted by Crippen LogP contribution is -2.56. The Morgan fingerprint density at radius 2 is 2.25 bits per heavy atom. The maximum Gasteiger partial charge on any atom is 0.242 e. The molecule has 0 bridgehead atoms. The van der Waals surface area contributed by atoms with Gasteiger partial charge in [-0.1, -0.05) is 20.3 Å². The smallest absolute Gasteiger partial charge is 0.242 e. The molecule has 4 nitrogen and oxygen atoms in total. The van der Waals surface area contributed by atoms with Gasteiger partial charge in [-0.05, 0) is 25.7 Å². The van der Waals surface area contributed by atoms with E-state index in [0.717, 1.165) is 6.42 Å². The monoisotopic (exact) mass is 228 g/mol. The molecule has 0 radical (unpaired) electrons. The number of amides is 1. The van der Waals surface area contributed by atoms with Crippen molar-refractivity contribution in [2.75, 3.05) is 13.1 Å². The third kappa shape index (κ3) is 2.95. The number of aliphatic hydroxyl groups excluding tert-OH is 1. The molecule has 1 amide bonds. The van der Waals surface area contributed by atoms with Crippen LogP contribution in [0.3, 0.4) is 0 Å². The van der Waals surface area contributed by atoms with Gasteiger partial charge in [0.1, 0.15) is 0 Å². The van der Waals surface area contributed by atoms with Gasteiger partial charge in [-0.3, -0.25) is 4.79 Å². The van der Waals surface area contributed by atoms with Gasteiger partial charge in [0.15, 0.2) is 0 Å². The van der Waals surface area contributed by atoms with Gasteiger partial charge in [0.25, 0.3) is 0 Å². The first-order chi connectivity index (χ1) is 7.38. The Morgan fingerprint density at radius 1 is 1.62 bits per heavy atom. The van der Waals surface area contributed by atoms with Crippen LogP contribution >= 0.6 is 0 Å². The number of hydrogen-bond donors (Lipinski definition) is 2. The highest BCUT2D eigenvalue weighted by molar-refractivity contribution is 5.85. The van der Waals surface area contributed by atoms with E-state index in [1.54, 1.807) is 11.8 Å². The van der Waals surface area contributed by atoms with Crippen molar-refractivity contribution in [3.63, 3.8) is 0 Å². The summed E-state index contributed by atoms with van der Waals surface area (Å²) in [5.74, 6) is 0.170.